The molecule has 6 nitrogen and oxygen atoms in total. The number of carbonyl (C=O) groups excluding carboxylic acids is 1. The molecule has 0 saturated carbocycles. The zero-order valence-corrected chi connectivity index (χ0v) is 15.9. The van der Waals surface area contributed by atoms with Crippen molar-refractivity contribution in [1.82, 2.24) is 20.7 Å². The summed E-state index contributed by atoms with van der Waals surface area (Å²) in [7, 11) is 1.61. The van der Waals surface area contributed by atoms with Crippen molar-refractivity contribution in [3.63, 3.8) is 0 Å². The number of aryl methyl sites for hydroxylation is 2. The molecule has 0 radical (unpaired) electrons. The lowest BCUT2D eigenvalue weighted by Crippen LogP contribution is -2.46. The van der Waals surface area contributed by atoms with E-state index in [4.69, 9.17) is 4.74 Å². The molecule has 1 aromatic heterocycles. The second-order valence-corrected chi connectivity index (χ2v) is 7.85. The van der Waals surface area contributed by atoms with Gasteiger partial charge in [0, 0.05) is 31.4 Å². The molecular formula is C20H30N4O2. The predicted molar refractivity (Wildman–Crippen MR) is 100 cm³/mol. The summed E-state index contributed by atoms with van der Waals surface area (Å²) in [6, 6.07) is 2.56. The number of methoxy groups -OCH3 is 1. The van der Waals surface area contributed by atoms with Crippen molar-refractivity contribution in [3.8, 4) is 5.88 Å². The third-order valence-corrected chi connectivity index (χ3v) is 6.44. The number of hydrogen-bond donors (Lipinski definition) is 2. The molecule has 6 heteroatoms. The molecule has 0 bridgehead atoms. The average molecular weight is 358 g/mol. The highest BCUT2D eigenvalue weighted by molar-refractivity contribution is 5.96. The van der Waals surface area contributed by atoms with Crippen molar-refractivity contribution in [1.29, 1.82) is 0 Å². The van der Waals surface area contributed by atoms with Crippen LogP contribution >= 0.6 is 0 Å². The number of likely N-dealkylation sites (tertiary alicyclic amines) is 1. The van der Waals surface area contributed by atoms with E-state index >= 15 is 0 Å². The number of aromatic nitrogens is 1. The summed E-state index contributed by atoms with van der Waals surface area (Å²) in [6.45, 7) is 4.95. The number of nitrogens with one attached hydrogen (secondary N) is 2. The van der Waals surface area contributed by atoms with E-state index in [0.717, 1.165) is 57.4 Å². The molecule has 3 heterocycles. The van der Waals surface area contributed by atoms with E-state index in [0.29, 0.717) is 29.3 Å². The van der Waals surface area contributed by atoms with Crippen LogP contribution in [0.25, 0.3) is 0 Å². The summed E-state index contributed by atoms with van der Waals surface area (Å²) < 4.78 is 5.44. The fraction of sp³-hybridized carbons (Fsp3) is 0.700. The molecule has 1 amide bonds. The van der Waals surface area contributed by atoms with Gasteiger partial charge >= 0.3 is 0 Å². The maximum atomic E-state index is 13.1. The summed E-state index contributed by atoms with van der Waals surface area (Å²) in [4.78, 5) is 19.7. The maximum Gasteiger partial charge on any atom is 0.259 e. The zero-order valence-electron chi connectivity index (χ0n) is 15.9. The summed E-state index contributed by atoms with van der Waals surface area (Å²) in [5.41, 5.74) is 9.74. The summed E-state index contributed by atoms with van der Waals surface area (Å²) in [6.07, 6.45) is 6.45. The first-order valence-electron chi connectivity index (χ1n) is 10.1. The Hall–Kier alpha value is -1.66. The van der Waals surface area contributed by atoms with Crippen LogP contribution in [0.5, 0.6) is 5.88 Å². The minimum absolute atomic E-state index is 0.0760. The van der Waals surface area contributed by atoms with Crippen LogP contribution in [0.2, 0.25) is 0 Å². The van der Waals surface area contributed by atoms with Gasteiger partial charge in [-0.3, -0.25) is 15.6 Å². The highest BCUT2D eigenvalue weighted by atomic mass is 16.5. The Morgan fingerprint density at radius 1 is 1.35 bits per heavy atom. The smallest absolute Gasteiger partial charge is 0.259 e. The van der Waals surface area contributed by atoms with Gasteiger partial charge in [0.1, 0.15) is 5.56 Å². The molecule has 142 valence electrons. The molecule has 1 aliphatic carbocycles. The molecule has 1 aromatic rings. The van der Waals surface area contributed by atoms with Crippen molar-refractivity contribution in [2.45, 2.75) is 51.5 Å². The molecule has 4 rings (SSSR count). The van der Waals surface area contributed by atoms with Gasteiger partial charge < -0.3 is 9.64 Å². The minimum Gasteiger partial charge on any atom is -0.480 e. The normalized spacial score (nSPS) is 26.2. The lowest BCUT2D eigenvalue weighted by atomic mass is 9.82. The number of nitrogens with zero attached hydrogens (tertiary/aromatic N) is 2. The molecule has 26 heavy (non-hydrogen) atoms. The van der Waals surface area contributed by atoms with Crippen molar-refractivity contribution < 1.29 is 9.53 Å². The second-order valence-electron chi connectivity index (χ2n) is 7.85. The number of fused-ring (bicyclic) bond motifs is 1. The quantitative estimate of drug-likeness (QED) is 0.861. The van der Waals surface area contributed by atoms with Crippen LogP contribution in [0.3, 0.4) is 0 Å². The number of hydrogen-bond acceptors (Lipinski definition) is 5. The SMILES string of the molecule is CCC1CNNC1C1CCN(C(=O)c2cc3c(nc2OC)CCC3)CC1. The van der Waals surface area contributed by atoms with E-state index in [-0.39, 0.29) is 5.91 Å². The third-order valence-electron chi connectivity index (χ3n) is 6.44. The lowest BCUT2D eigenvalue weighted by molar-refractivity contribution is 0.0659. The number of amides is 1. The van der Waals surface area contributed by atoms with E-state index < -0.39 is 0 Å². The molecule has 2 saturated heterocycles. The Labute approximate surface area is 155 Å². The standard InChI is InChI=1S/C20H30N4O2/c1-3-13-12-21-23-18(13)14-7-9-24(10-8-14)20(25)16-11-15-5-4-6-17(15)22-19(16)26-2/h11,13-14,18,21,23H,3-10,12H2,1-2H3. The first kappa shape index (κ1) is 17.7. The molecule has 2 aliphatic heterocycles. The van der Waals surface area contributed by atoms with Gasteiger partial charge in [0.05, 0.1) is 7.11 Å². The van der Waals surface area contributed by atoms with E-state index in [1.807, 2.05) is 11.0 Å². The van der Waals surface area contributed by atoms with Crippen LogP contribution in [0.15, 0.2) is 6.07 Å². The number of piperidine rings is 1. The van der Waals surface area contributed by atoms with Crippen LogP contribution < -0.4 is 15.6 Å². The average Bonchev–Trinajstić information content (AvgIpc) is 3.34. The topological polar surface area (TPSA) is 66.5 Å². The van der Waals surface area contributed by atoms with Gasteiger partial charge in [-0.1, -0.05) is 13.3 Å². The van der Waals surface area contributed by atoms with E-state index in [1.54, 1.807) is 7.11 Å². The zero-order chi connectivity index (χ0) is 18.1. The molecule has 2 fully saturated rings. The highest BCUT2D eigenvalue weighted by Crippen LogP contribution is 2.31. The fourth-order valence-electron chi connectivity index (χ4n) is 4.85. The van der Waals surface area contributed by atoms with Crippen LogP contribution in [-0.2, 0) is 12.8 Å². The van der Waals surface area contributed by atoms with Gasteiger partial charge in [-0.2, -0.15) is 0 Å². The maximum absolute atomic E-state index is 13.1. The molecule has 2 N–H and O–H groups in total. The lowest BCUT2D eigenvalue weighted by Gasteiger charge is -2.36. The Balaban J connectivity index is 1.44. The molecular weight excluding hydrogens is 328 g/mol. The van der Waals surface area contributed by atoms with Crippen LogP contribution in [0.1, 0.15) is 54.2 Å². The highest BCUT2D eigenvalue weighted by Gasteiger charge is 2.36. The van der Waals surface area contributed by atoms with Gasteiger partial charge in [0.2, 0.25) is 5.88 Å². The predicted octanol–water partition coefficient (Wildman–Crippen LogP) is 1.93. The Morgan fingerprint density at radius 2 is 2.15 bits per heavy atom. The van der Waals surface area contributed by atoms with Gasteiger partial charge in [-0.15, -0.1) is 0 Å². The molecule has 3 aliphatic rings. The number of rotatable bonds is 4. The van der Waals surface area contributed by atoms with E-state index in [1.165, 1.54) is 12.0 Å². The summed E-state index contributed by atoms with van der Waals surface area (Å²) >= 11 is 0. The van der Waals surface area contributed by atoms with Gasteiger partial charge in [0.25, 0.3) is 5.91 Å². The Kier molecular flexibility index (Phi) is 5.14. The Morgan fingerprint density at radius 3 is 2.88 bits per heavy atom. The molecule has 0 aromatic carbocycles. The third kappa shape index (κ3) is 3.21. The fourth-order valence-corrected chi connectivity index (χ4v) is 4.85. The molecule has 2 unspecified atom stereocenters. The van der Waals surface area contributed by atoms with Crippen LogP contribution in [-0.4, -0.2) is 48.6 Å². The van der Waals surface area contributed by atoms with Crippen molar-refractivity contribution in [2.24, 2.45) is 11.8 Å². The van der Waals surface area contributed by atoms with Gasteiger partial charge in [-0.25, -0.2) is 4.98 Å². The minimum atomic E-state index is 0.0760. The number of ether oxygens (including phenoxy) is 1. The summed E-state index contributed by atoms with van der Waals surface area (Å²) in [5, 5.41) is 0. The number of carbonyl (C=O) groups is 1. The number of pyridine rings is 1. The Bertz CT molecular complexity index is 670. The van der Waals surface area contributed by atoms with Crippen molar-refractivity contribution >= 4 is 5.91 Å². The summed E-state index contributed by atoms with van der Waals surface area (Å²) in [5.74, 6) is 1.90. The van der Waals surface area contributed by atoms with E-state index in [2.05, 4.69) is 22.8 Å². The van der Waals surface area contributed by atoms with Gasteiger partial charge in [0.15, 0.2) is 0 Å². The van der Waals surface area contributed by atoms with Gasteiger partial charge in [-0.05, 0) is 55.6 Å². The largest absolute Gasteiger partial charge is 0.480 e. The monoisotopic (exact) mass is 358 g/mol. The first-order valence-corrected chi connectivity index (χ1v) is 10.1. The van der Waals surface area contributed by atoms with Crippen molar-refractivity contribution in [3.05, 3.63) is 22.9 Å². The van der Waals surface area contributed by atoms with E-state index in [9.17, 15) is 4.79 Å². The first-order chi connectivity index (χ1) is 12.7. The van der Waals surface area contributed by atoms with Crippen LogP contribution in [0, 0.1) is 11.8 Å². The van der Waals surface area contributed by atoms with Crippen molar-refractivity contribution in [2.75, 3.05) is 26.7 Å². The number of hydrazine groups is 1. The van der Waals surface area contributed by atoms with Crippen LogP contribution in [0.4, 0.5) is 0 Å². The second kappa shape index (κ2) is 7.53. The molecule has 2 atom stereocenters. The molecule has 0 spiro atoms.